The van der Waals surface area contributed by atoms with Crippen molar-refractivity contribution in [2.75, 3.05) is 20.1 Å². The number of hydrogen-bond donors (Lipinski definition) is 1. The molecule has 0 radical (unpaired) electrons. The third-order valence-corrected chi connectivity index (χ3v) is 5.78. The van der Waals surface area contributed by atoms with E-state index in [1.807, 2.05) is 0 Å². The highest BCUT2D eigenvalue weighted by Crippen LogP contribution is 2.24. The van der Waals surface area contributed by atoms with Crippen LogP contribution in [0.1, 0.15) is 11.8 Å². The molecule has 1 aromatic rings. The molecule has 1 rings (SSSR count). The van der Waals surface area contributed by atoms with Gasteiger partial charge in [0.2, 0.25) is 5.91 Å². The van der Waals surface area contributed by atoms with E-state index in [2.05, 4.69) is 11.2 Å². The van der Waals surface area contributed by atoms with Crippen molar-refractivity contribution >= 4 is 27.3 Å². The predicted octanol–water partition coefficient (Wildman–Crippen LogP) is 0.680. The van der Waals surface area contributed by atoms with E-state index in [1.54, 1.807) is 12.1 Å². The molecule has 1 N–H and O–H groups in total. The van der Waals surface area contributed by atoms with Gasteiger partial charge in [0.1, 0.15) is 4.21 Å². The van der Waals surface area contributed by atoms with Crippen molar-refractivity contribution in [2.45, 2.75) is 17.6 Å². The largest absolute Gasteiger partial charge is 0.356 e. The van der Waals surface area contributed by atoms with Gasteiger partial charge in [-0.05, 0) is 18.6 Å². The Hall–Kier alpha value is -1.36. The maximum atomic E-state index is 12.1. The second kappa shape index (κ2) is 6.70. The molecule has 0 spiro atoms. The number of hydrogen-bond acceptors (Lipinski definition) is 4. The minimum absolute atomic E-state index is 0.0431. The molecule has 0 bridgehead atoms. The van der Waals surface area contributed by atoms with Crippen molar-refractivity contribution in [1.82, 2.24) is 9.62 Å². The second-order valence-corrected chi connectivity index (χ2v) is 7.36. The monoisotopic (exact) mass is 300 g/mol. The van der Waals surface area contributed by atoms with E-state index in [1.165, 1.54) is 25.3 Å². The van der Waals surface area contributed by atoms with Gasteiger partial charge in [0.15, 0.2) is 0 Å². The summed E-state index contributed by atoms with van der Waals surface area (Å²) in [6, 6.07) is 3.32. The molecule has 1 amide bonds. The number of terminal acetylenes is 1. The molecule has 19 heavy (non-hydrogen) atoms. The molecule has 0 saturated carbocycles. The molecule has 0 aliphatic rings. The van der Waals surface area contributed by atoms with Crippen molar-refractivity contribution in [3.8, 4) is 12.3 Å². The van der Waals surface area contributed by atoms with Crippen LogP contribution in [0.15, 0.2) is 16.3 Å². The van der Waals surface area contributed by atoms with Crippen LogP contribution < -0.4 is 5.32 Å². The molecule has 0 atom stereocenters. The van der Waals surface area contributed by atoms with Crippen LogP contribution in [0.4, 0.5) is 0 Å². The Morgan fingerprint density at radius 1 is 1.53 bits per heavy atom. The number of amides is 1. The van der Waals surface area contributed by atoms with Crippen molar-refractivity contribution < 1.29 is 13.2 Å². The summed E-state index contributed by atoms with van der Waals surface area (Å²) >= 11 is 1.20. The van der Waals surface area contributed by atoms with Crippen molar-refractivity contribution in [1.29, 1.82) is 0 Å². The lowest BCUT2D eigenvalue weighted by atomic mass is 10.3. The second-order valence-electron chi connectivity index (χ2n) is 3.92. The maximum Gasteiger partial charge on any atom is 0.253 e. The Kier molecular flexibility index (Phi) is 5.54. The Bertz CT molecular complexity index is 584. The van der Waals surface area contributed by atoms with Gasteiger partial charge in [-0.2, -0.15) is 4.31 Å². The van der Waals surface area contributed by atoms with E-state index in [0.29, 0.717) is 13.0 Å². The van der Waals surface area contributed by atoms with Crippen LogP contribution in [-0.4, -0.2) is 38.8 Å². The molecule has 7 heteroatoms. The summed E-state index contributed by atoms with van der Waals surface area (Å²) in [5.74, 6) is 2.20. The summed E-state index contributed by atoms with van der Waals surface area (Å²) < 4.78 is 25.6. The Morgan fingerprint density at radius 2 is 2.21 bits per heavy atom. The zero-order chi connectivity index (χ0) is 14.5. The molecule has 0 aliphatic carbocycles. The summed E-state index contributed by atoms with van der Waals surface area (Å²) in [7, 11) is -2.05. The molecule has 1 heterocycles. The van der Waals surface area contributed by atoms with Crippen LogP contribution in [0.3, 0.4) is 0 Å². The van der Waals surface area contributed by atoms with E-state index < -0.39 is 10.0 Å². The Labute approximate surface area is 117 Å². The highest BCUT2D eigenvalue weighted by molar-refractivity contribution is 7.91. The summed E-state index contributed by atoms with van der Waals surface area (Å²) in [5, 5.41) is 2.67. The molecule has 0 saturated heterocycles. The number of thiophene rings is 1. The molecular formula is C12H16N2O3S2. The highest BCUT2D eigenvalue weighted by Gasteiger charge is 2.21. The lowest BCUT2D eigenvalue weighted by Gasteiger charge is -2.12. The average Bonchev–Trinajstić information content (AvgIpc) is 2.78. The number of carbonyl (C=O) groups excluding carboxylic acids is 1. The van der Waals surface area contributed by atoms with Gasteiger partial charge in [0, 0.05) is 25.4 Å². The standard InChI is InChI=1S/C12H16N2O3S2/c1-4-9-14(3)19(16,17)12-6-5-11(18-12)7-8-13-10(2)15/h1,5-6H,7-9H2,2-3H3,(H,13,15). The topological polar surface area (TPSA) is 66.5 Å². The fourth-order valence-electron chi connectivity index (χ4n) is 1.36. The van der Waals surface area contributed by atoms with Crippen molar-refractivity contribution in [2.24, 2.45) is 0 Å². The third-order valence-electron chi connectivity index (χ3n) is 2.36. The average molecular weight is 300 g/mol. The molecular weight excluding hydrogens is 284 g/mol. The van der Waals surface area contributed by atoms with Crippen LogP contribution in [0, 0.1) is 12.3 Å². The van der Waals surface area contributed by atoms with Crippen molar-refractivity contribution in [3.05, 3.63) is 17.0 Å². The molecule has 104 valence electrons. The Balaban J connectivity index is 2.74. The zero-order valence-corrected chi connectivity index (χ0v) is 12.5. The first-order chi connectivity index (χ1) is 8.87. The lowest BCUT2D eigenvalue weighted by Crippen LogP contribution is -2.26. The fourth-order valence-corrected chi connectivity index (χ4v) is 4.01. The minimum atomic E-state index is -3.50. The number of sulfonamides is 1. The molecule has 5 nitrogen and oxygen atoms in total. The molecule has 0 aliphatic heterocycles. The first-order valence-electron chi connectivity index (χ1n) is 5.61. The Morgan fingerprint density at radius 3 is 2.79 bits per heavy atom. The predicted molar refractivity (Wildman–Crippen MR) is 75.4 cm³/mol. The maximum absolute atomic E-state index is 12.1. The highest BCUT2D eigenvalue weighted by atomic mass is 32.2. The van der Waals surface area contributed by atoms with Crippen LogP contribution in [0.2, 0.25) is 0 Å². The molecule has 1 aromatic heterocycles. The van der Waals surface area contributed by atoms with Gasteiger partial charge >= 0.3 is 0 Å². The van der Waals surface area contributed by atoms with Gasteiger partial charge in [-0.1, -0.05) is 5.92 Å². The van der Waals surface area contributed by atoms with E-state index in [-0.39, 0.29) is 16.7 Å². The molecule has 0 aromatic carbocycles. The normalized spacial score (nSPS) is 11.3. The summed E-state index contributed by atoms with van der Waals surface area (Å²) in [5.41, 5.74) is 0. The number of nitrogens with one attached hydrogen (secondary N) is 1. The van der Waals surface area contributed by atoms with Gasteiger partial charge in [-0.3, -0.25) is 4.79 Å². The number of rotatable bonds is 6. The van der Waals surface area contributed by atoms with Gasteiger partial charge in [-0.25, -0.2) is 8.42 Å². The van der Waals surface area contributed by atoms with E-state index in [0.717, 1.165) is 9.18 Å². The number of carbonyl (C=O) groups is 1. The third kappa shape index (κ3) is 4.35. The number of nitrogens with zero attached hydrogens (tertiary/aromatic N) is 1. The quantitative estimate of drug-likeness (QED) is 0.786. The summed E-state index contributed by atoms with van der Waals surface area (Å²) in [6.07, 6.45) is 5.72. The van der Waals surface area contributed by atoms with Gasteiger partial charge < -0.3 is 5.32 Å². The first-order valence-corrected chi connectivity index (χ1v) is 7.86. The minimum Gasteiger partial charge on any atom is -0.356 e. The van der Waals surface area contributed by atoms with Gasteiger partial charge in [0.05, 0.1) is 6.54 Å². The summed E-state index contributed by atoms with van der Waals surface area (Å²) in [4.78, 5) is 11.6. The smallest absolute Gasteiger partial charge is 0.253 e. The zero-order valence-electron chi connectivity index (χ0n) is 10.8. The van der Waals surface area contributed by atoms with E-state index in [9.17, 15) is 13.2 Å². The van der Waals surface area contributed by atoms with Gasteiger partial charge in [-0.15, -0.1) is 17.8 Å². The lowest BCUT2D eigenvalue weighted by molar-refractivity contribution is -0.118. The van der Waals surface area contributed by atoms with Crippen LogP contribution >= 0.6 is 11.3 Å². The first kappa shape index (κ1) is 15.7. The molecule has 0 fully saturated rings. The van der Waals surface area contributed by atoms with Gasteiger partial charge in [0.25, 0.3) is 10.0 Å². The van der Waals surface area contributed by atoms with E-state index in [4.69, 9.17) is 6.42 Å². The van der Waals surface area contributed by atoms with Crippen LogP contribution in [0.25, 0.3) is 0 Å². The fraction of sp³-hybridized carbons (Fsp3) is 0.417. The summed E-state index contributed by atoms with van der Waals surface area (Å²) in [6.45, 7) is 1.98. The van der Waals surface area contributed by atoms with E-state index >= 15 is 0 Å². The molecule has 0 unspecified atom stereocenters. The SMILES string of the molecule is C#CCN(C)S(=O)(=O)c1ccc(CCNC(C)=O)s1. The van der Waals surface area contributed by atoms with Crippen LogP contribution in [0.5, 0.6) is 0 Å². The van der Waals surface area contributed by atoms with Crippen LogP contribution in [-0.2, 0) is 21.2 Å². The van der Waals surface area contributed by atoms with Crippen molar-refractivity contribution in [3.63, 3.8) is 0 Å².